The van der Waals surface area contributed by atoms with Gasteiger partial charge in [-0.2, -0.15) is 0 Å². The molecule has 3 nitrogen and oxygen atoms in total. The highest BCUT2D eigenvalue weighted by atomic mass is 79.9. The zero-order chi connectivity index (χ0) is 12.3. The number of hydrogen-bond donors (Lipinski definition) is 2. The van der Waals surface area contributed by atoms with Gasteiger partial charge in [-0.15, -0.1) is 12.4 Å². The molecule has 96 valence electrons. The molecule has 6 heteroatoms. The molecule has 0 aliphatic rings. The molecular weight excluding hydrogens is 310 g/mol. The average molecular weight is 326 g/mol. The molecule has 1 rings (SSSR count). The summed E-state index contributed by atoms with van der Waals surface area (Å²) in [6, 6.07) is 4.04. The smallest absolute Gasteiger partial charge is 0.251 e. The summed E-state index contributed by atoms with van der Waals surface area (Å²) in [5.74, 6) is -0.791. The Morgan fingerprint density at radius 1 is 1.47 bits per heavy atom. The fraction of sp³-hybridized carbons (Fsp3) is 0.364. The summed E-state index contributed by atoms with van der Waals surface area (Å²) in [5.41, 5.74) is 5.26. The van der Waals surface area contributed by atoms with Crippen molar-refractivity contribution < 1.29 is 9.18 Å². The van der Waals surface area contributed by atoms with E-state index in [1.54, 1.807) is 19.9 Å². The standard InChI is InChI=1S/C11H14BrFN2O.ClH/c1-11(2,6-14)15-10(16)7-3-8(12)5-9(13)4-7;/h3-5H,6,14H2,1-2H3,(H,15,16);1H. The number of nitrogens with one attached hydrogen (secondary N) is 1. The molecule has 1 aromatic carbocycles. The molecular formula is C11H15BrClFN2O. The lowest BCUT2D eigenvalue weighted by Gasteiger charge is -2.24. The van der Waals surface area contributed by atoms with Crippen molar-refractivity contribution >= 4 is 34.2 Å². The van der Waals surface area contributed by atoms with E-state index >= 15 is 0 Å². The maximum atomic E-state index is 13.1. The van der Waals surface area contributed by atoms with Crippen molar-refractivity contribution in [1.82, 2.24) is 5.32 Å². The van der Waals surface area contributed by atoms with Gasteiger partial charge in [-0.1, -0.05) is 15.9 Å². The number of carbonyl (C=O) groups is 1. The van der Waals surface area contributed by atoms with E-state index in [9.17, 15) is 9.18 Å². The van der Waals surface area contributed by atoms with Crippen molar-refractivity contribution in [3.63, 3.8) is 0 Å². The maximum Gasteiger partial charge on any atom is 0.251 e. The Hall–Kier alpha value is -0.650. The van der Waals surface area contributed by atoms with Crippen LogP contribution in [0.2, 0.25) is 0 Å². The first-order valence-electron chi connectivity index (χ1n) is 4.83. The molecule has 0 unspecified atom stereocenters. The van der Waals surface area contributed by atoms with Crippen molar-refractivity contribution in [2.45, 2.75) is 19.4 Å². The van der Waals surface area contributed by atoms with Crippen LogP contribution in [0.1, 0.15) is 24.2 Å². The van der Waals surface area contributed by atoms with Gasteiger partial charge >= 0.3 is 0 Å². The second-order valence-electron chi connectivity index (χ2n) is 4.20. The number of hydrogen-bond acceptors (Lipinski definition) is 2. The van der Waals surface area contributed by atoms with E-state index in [0.29, 0.717) is 11.0 Å². The molecule has 0 radical (unpaired) electrons. The van der Waals surface area contributed by atoms with Crippen molar-refractivity contribution in [2.75, 3.05) is 6.54 Å². The minimum Gasteiger partial charge on any atom is -0.346 e. The summed E-state index contributed by atoms with van der Waals surface area (Å²) in [7, 11) is 0. The molecule has 0 saturated carbocycles. The van der Waals surface area contributed by atoms with E-state index < -0.39 is 11.4 Å². The summed E-state index contributed by atoms with van der Waals surface area (Å²) < 4.78 is 13.6. The molecule has 0 spiro atoms. The van der Waals surface area contributed by atoms with Gasteiger partial charge in [-0.05, 0) is 32.0 Å². The van der Waals surface area contributed by atoms with Crippen LogP contribution in [0.15, 0.2) is 22.7 Å². The molecule has 3 N–H and O–H groups in total. The molecule has 0 bridgehead atoms. The number of benzene rings is 1. The third-order valence-electron chi connectivity index (χ3n) is 2.09. The van der Waals surface area contributed by atoms with Gasteiger partial charge in [0.1, 0.15) is 5.82 Å². The number of carbonyl (C=O) groups excluding carboxylic acids is 1. The van der Waals surface area contributed by atoms with Crippen LogP contribution in [-0.2, 0) is 0 Å². The predicted molar refractivity (Wildman–Crippen MR) is 71.9 cm³/mol. The lowest BCUT2D eigenvalue weighted by atomic mass is 10.1. The zero-order valence-electron chi connectivity index (χ0n) is 9.59. The summed E-state index contributed by atoms with van der Waals surface area (Å²) in [6.07, 6.45) is 0. The fourth-order valence-corrected chi connectivity index (χ4v) is 1.58. The molecule has 0 aliphatic heterocycles. The van der Waals surface area contributed by atoms with E-state index in [-0.39, 0.29) is 23.9 Å². The first-order valence-corrected chi connectivity index (χ1v) is 5.62. The summed E-state index contributed by atoms with van der Waals surface area (Å²) >= 11 is 3.13. The Morgan fingerprint density at radius 3 is 2.53 bits per heavy atom. The average Bonchev–Trinajstić information content (AvgIpc) is 2.15. The Kier molecular flexibility index (Phi) is 6.09. The van der Waals surface area contributed by atoms with Gasteiger partial charge in [-0.25, -0.2) is 4.39 Å². The van der Waals surface area contributed by atoms with Crippen LogP contribution in [0.3, 0.4) is 0 Å². The lowest BCUT2D eigenvalue weighted by molar-refractivity contribution is 0.0915. The van der Waals surface area contributed by atoms with E-state index in [1.165, 1.54) is 12.1 Å². The Bertz CT molecular complexity index is 392. The summed E-state index contributed by atoms with van der Waals surface area (Å²) in [4.78, 5) is 11.8. The Morgan fingerprint density at radius 2 is 2.06 bits per heavy atom. The van der Waals surface area contributed by atoms with Gasteiger partial charge in [0, 0.05) is 22.1 Å². The Labute approximate surface area is 114 Å². The summed E-state index contributed by atoms with van der Waals surface area (Å²) in [5, 5.41) is 2.73. The van der Waals surface area contributed by atoms with E-state index in [1.807, 2.05) is 0 Å². The van der Waals surface area contributed by atoms with Crippen molar-refractivity contribution in [2.24, 2.45) is 5.73 Å². The highest BCUT2D eigenvalue weighted by molar-refractivity contribution is 9.10. The monoisotopic (exact) mass is 324 g/mol. The minimum atomic E-state index is -0.504. The topological polar surface area (TPSA) is 55.1 Å². The third-order valence-corrected chi connectivity index (χ3v) is 2.54. The minimum absolute atomic E-state index is 0. The molecule has 0 saturated heterocycles. The van der Waals surface area contributed by atoms with Crippen molar-refractivity contribution in [3.05, 3.63) is 34.1 Å². The normalized spacial score (nSPS) is 10.6. The molecule has 1 amide bonds. The number of amides is 1. The maximum absolute atomic E-state index is 13.1. The largest absolute Gasteiger partial charge is 0.346 e. The van der Waals surface area contributed by atoms with Crippen LogP contribution in [0.4, 0.5) is 4.39 Å². The van der Waals surface area contributed by atoms with Crippen molar-refractivity contribution in [1.29, 1.82) is 0 Å². The van der Waals surface area contributed by atoms with Gasteiger partial charge in [0.15, 0.2) is 0 Å². The molecule has 0 atom stereocenters. The van der Waals surface area contributed by atoms with Gasteiger partial charge in [0.25, 0.3) is 5.91 Å². The first-order chi connectivity index (χ1) is 7.34. The molecule has 17 heavy (non-hydrogen) atoms. The second-order valence-corrected chi connectivity index (χ2v) is 5.12. The van der Waals surface area contributed by atoms with E-state index in [4.69, 9.17) is 5.73 Å². The number of rotatable bonds is 3. The quantitative estimate of drug-likeness (QED) is 0.897. The van der Waals surface area contributed by atoms with Crippen LogP contribution in [0, 0.1) is 5.82 Å². The van der Waals surface area contributed by atoms with Crippen LogP contribution in [-0.4, -0.2) is 18.0 Å². The molecule has 0 aliphatic carbocycles. The van der Waals surface area contributed by atoms with Crippen LogP contribution in [0.25, 0.3) is 0 Å². The van der Waals surface area contributed by atoms with Gasteiger partial charge < -0.3 is 11.1 Å². The first kappa shape index (κ1) is 16.4. The van der Waals surface area contributed by atoms with Crippen molar-refractivity contribution in [3.8, 4) is 0 Å². The van der Waals surface area contributed by atoms with Gasteiger partial charge in [-0.3, -0.25) is 4.79 Å². The second kappa shape index (κ2) is 6.33. The molecule has 0 aromatic heterocycles. The number of halogens is 3. The Balaban J connectivity index is 0.00000256. The van der Waals surface area contributed by atoms with Gasteiger partial charge in [0.05, 0.1) is 0 Å². The predicted octanol–water partition coefficient (Wildman–Crippen LogP) is 2.48. The van der Waals surface area contributed by atoms with E-state index in [0.717, 1.165) is 0 Å². The molecule has 1 aromatic rings. The summed E-state index contributed by atoms with van der Waals surface area (Å²) in [6.45, 7) is 3.92. The van der Waals surface area contributed by atoms with E-state index in [2.05, 4.69) is 21.2 Å². The molecule has 0 fully saturated rings. The van der Waals surface area contributed by atoms with Crippen LogP contribution >= 0.6 is 28.3 Å². The third kappa shape index (κ3) is 5.02. The fourth-order valence-electron chi connectivity index (χ4n) is 1.12. The zero-order valence-corrected chi connectivity index (χ0v) is 12.0. The SMILES string of the molecule is CC(C)(CN)NC(=O)c1cc(F)cc(Br)c1.Cl. The highest BCUT2D eigenvalue weighted by Gasteiger charge is 2.19. The highest BCUT2D eigenvalue weighted by Crippen LogP contribution is 2.15. The number of nitrogens with two attached hydrogens (primary N) is 1. The van der Waals surface area contributed by atoms with Crippen LogP contribution < -0.4 is 11.1 Å². The van der Waals surface area contributed by atoms with Gasteiger partial charge in [0.2, 0.25) is 0 Å². The molecule has 0 heterocycles. The lowest BCUT2D eigenvalue weighted by Crippen LogP contribution is -2.48. The van der Waals surface area contributed by atoms with Crippen LogP contribution in [0.5, 0.6) is 0 Å².